The van der Waals surface area contributed by atoms with E-state index in [0.29, 0.717) is 12.2 Å². The fourth-order valence-electron chi connectivity index (χ4n) is 3.58. The highest BCUT2D eigenvalue weighted by Gasteiger charge is 2.46. The molecule has 1 N–H and O–H groups in total. The number of carbonyl (C=O) groups is 3. The van der Waals surface area contributed by atoms with Gasteiger partial charge in [0.05, 0.1) is 0 Å². The molecule has 2 aliphatic heterocycles. The van der Waals surface area contributed by atoms with Crippen LogP contribution in [0, 0.1) is 0 Å². The number of hydrogen-bond acceptors (Lipinski definition) is 7. The normalized spacial score (nSPS) is 23.0. The average molecular weight is 429 g/mol. The van der Waals surface area contributed by atoms with E-state index in [1.807, 2.05) is 24.3 Å². The fraction of sp³-hybridized carbons (Fsp3) is 0.435. The summed E-state index contributed by atoms with van der Waals surface area (Å²) in [6.07, 6.45) is 4.65. The topological polar surface area (TPSA) is 102 Å². The lowest BCUT2D eigenvalue weighted by Gasteiger charge is -2.30. The molecule has 1 aromatic carbocycles. The summed E-state index contributed by atoms with van der Waals surface area (Å²) in [7, 11) is 1.30. The van der Waals surface area contributed by atoms with E-state index in [2.05, 4.69) is 0 Å². The average Bonchev–Trinajstić information content (AvgIpc) is 3.18. The number of rotatable bonds is 9. The van der Waals surface area contributed by atoms with Crippen molar-refractivity contribution in [2.24, 2.45) is 0 Å². The molecule has 3 atom stereocenters. The largest absolute Gasteiger partial charge is 0.479 e. The molecule has 0 aromatic heterocycles. The quantitative estimate of drug-likeness (QED) is 0.602. The minimum Gasteiger partial charge on any atom is -0.479 e. The molecule has 0 radical (unpaired) electrons. The van der Waals surface area contributed by atoms with Crippen molar-refractivity contribution in [2.75, 3.05) is 20.3 Å². The highest BCUT2D eigenvalue weighted by molar-refractivity contribution is 6.03. The van der Waals surface area contributed by atoms with Crippen LogP contribution in [-0.2, 0) is 23.8 Å². The van der Waals surface area contributed by atoms with Gasteiger partial charge in [0.15, 0.2) is 18.0 Å². The number of unbranched alkanes of at least 4 members (excludes halogenated alkanes) is 3. The fourth-order valence-corrected chi connectivity index (χ4v) is 3.58. The molecular weight excluding hydrogens is 402 g/mol. The summed E-state index contributed by atoms with van der Waals surface area (Å²) in [5.41, 5.74) is 0.746. The number of cyclic esters (lactones) is 1. The van der Waals surface area contributed by atoms with Crippen LogP contribution in [0.1, 0.15) is 37.3 Å². The predicted octanol–water partition coefficient (Wildman–Crippen LogP) is 2.68. The Hall–Kier alpha value is -2.97. The summed E-state index contributed by atoms with van der Waals surface area (Å²) in [5.74, 6) is -0.636. The van der Waals surface area contributed by atoms with Crippen LogP contribution in [0.15, 0.2) is 54.3 Å². The Morgan fingerprint density at radius 1 is 1.23 bits per heavy atom. The molecule has 2 amide bonds. The van der Waals surface area contributed by atoms with Gasteiger partial charge < -0.3 is 19.3 Å². The van der Waals surface area contributed by atoms with Crippen LogP contribution in [0.3, 0.4) is 0 Å². The number of benzene rings is 1. The van der Waals surface area contributed by atoms with E-state index < -0.39 is 36.0 Å². The first-order chi connectivity index (χ1) is 15.1. The van der Waals surface area contributed by atoms with Crippen molar-refractivity contribution in [3.8, 4) is 0 Å². The molecule has 31 heavy (non-hydrogen) atoms. The van der Waals surface area contributed by atoms with Crippen LogP contribution < -0.4 is 0 Å². The minimum atomic E-state index is -1.30. The Bertz CT molecular complexity index is 849. The molecule has 8 nitrogen and oxygen atoms in total. The van der Waals surface area contributed by atoms with Crippen molar-refractivity contribution in [3.05, 3.63) is 59.9 Å². The Morgan fingerprint density at radius 2 is 2.00 bits per heavy atom. The number of methoxy groups -OCH3 is 1. The van der Waals surface area contributed by atoms with Crippen LogP contribution in [0.4, 0.5) is 4.79 Å². The maximum Gasteiger partial charge on any atom is 0.417 e. The van der Waals surface area contributed by atoms with E-state index >= 15 is 0 Å². The second-order valence-electron chi connectivity index (χ2n) is 7.32. The predicted molar refractivity (Wildman–Crippen MR) is 111 cm³/mol. The Morgan fingerprint density at radius 3 is 2.71 bits per heavy atom. The Labute approximate surface area is 181 Å². The van der Waals surface area contributed by atoms with Crippen LogP contribution in [0.2, 0.25) is 0 Å². The van der Waals surface area contributed by atoms with Crippen molar-refractivity contribution in [3.63, 3.8) is 0 Å². The van der Waals surface area contributed by atoms with E-state index in [9.17, 15) is 14.4 Å². The van der Waals surface area contributed by atoms with Crippen molar-refractivity contribution in [1.29, 1.82) is 0 Å². The van der Waals surface area contributed by atoms with Gasteiger partial charge in [0, 0.05) is 13.7 Å². The molecule has 1 aromatic rings. The number of aliphatic hydroxyl groups excluding tert-OH is 1. The van der Waals surface area contributed by atoms with Gasteiger partial charge in [-0.1, -0.05) is 36.8 Å². The van der Waals surface area contributed by atoms with Crippen LogP contribution >= 0.6 is 0 Å². The lowest BCUT2D eigenvalue weighted by atomic mass is 10.0. The number of aliphatic hydroxyl groups is 1. The third kappa shape index (κ3) is 5.39. The number of hydrogen-bond donors (Lipinski definition) is 1. The minimum absolute atomic E-state index is 0.0311. The van der Waals surface area contributed by atoms with Gasteiger partial charge in [-0.2, -0.15) is 0 Å². The van der Waals surface area contributed by atoms with Gasteiger partial charge in [0.1, 0.15) is 18.4 Å². The van der Waals surface area contributed by atoms with Gasteiger partial charge in [-0.3, -0.25) is 9.59 Å². The monoisotopic (exact) mass is 429 g/mol. The molecule has 0 unspecified atom stereocenters. The molecule has 166 valence electrons. The smallest absolute Gasteiger partial charge is 0.417 e. The molecule has 8 heteroatoms. The molecule has 0 spiro atoms. The summed E-state index contributed by atoms with van der Waals surface area (Å²) in [6.45, 7) is 0.188. The molecule has 3 rings (SSSR count). The molecule has 1 fully saturated rings. The first kappa shape index (κ1) is 22.7. The first-order valence-corrected chi connectivity index (χ1v) is 10.3. The molecule has 0 bridgehead atoms. The molecule has 0 aliphatic carbocycles. The molecule has 2 aliphatic rings. The van der Waals surface area contributed by atoms with Gasteiger partial charge in [-0.25, -0.2) is 9.69 Å². The highest BCUT2D eigenvalue weighted by atomic mass is 16.6. The Balaban J connectivity index is 1.74. The zero-order valence-electron chi connectivity index (χ0n) is 17.4. The van der Waals surface area contributed by atoms with E-state index in [0.717, 1.165) is 29.7 Å². The second kappa shape index (κ2) is 10.9. The number of allylic oxidation sites excluding steroid dienone is 2. The number of amides is 2. The maximum atomic E-state index is 13.3. The third-order valence-electron chi connectivity index (χ3n) is 5.23. The maximum absolute atomic E-state index is 13.3. The number of carbonyl (C=O) groups excluding carboxylic acids is 3. The zero-order valence-corrected chi connectivity index (χ0v) is 17.4. The van der Waals surface area contributed by atoms with E-state index in [1.165, 1.54) is 13.2 Å². The first-order valence-electron chi connectivity index (χ1n) is 10.3. The van der Waals surface area contributed by atoms with Gasteiger partial charge in [0.2, 0.25) is 0 Å². The highest BCUT2D eigenvalue weighted by Crippen LogP contribution is 2.30. The number of ketones is 1. The van der Waals surface area contributed by atoms with E-state index in [1.54, 1.807) is 18.2 Å². The summed E-state index contributed by atoms with van der Waals surface area (Å²) < 4.78 is 16.2. The molecule has 0 saturated carbocycles. The Kier molecular flexibility index (Phi) is 7.97. The van der Waals surface area contributed by atoms with E-state index in [-0.39, 0.29) is 13.2 Å². The summed E-state index contributed by atoms with van der Waals surface area (Å²) in [5, 5.41) is 8.85. The van der Waals surface area contributed by atoms with Crippen LogP contribution in [0.5, 0.6) is 0 Å². The van der Waals surface area contributed by atoms with Crippen molar-refractivity contribution in [1.82, 2.24) is 4.90 Å². The molecule has 1 saturated heterocycles. The van der Waals surface area contributed by atoms with Crippen LogP contribution in [0.25, 0.3) is 0 Å². The van der Waals surface area contributed by atoms with Gasteiger partial charge >= 0.3 is 6.09 Å². The van der Waals surface area contributed by atoms with Gasteiger partial charge in [0.25, 0.3) is 5.91 Å². The van der Waals surface area contributed by atoms with Gasteiger partial charge in [-0.15, -0.1) is 0 Å². The second-order valence-corrected chi connectivity index (χ2v) is 7.32. The third-order valence-corrected chi connectivity index (χ3v) is 5.23. The SMILES string of the molecule is CO[C@H](C(=O)N1C(=O)OC[C@@H]1c1ccccc1)[C@@H]1OC(=CCCCCCO)C=CC1=O. The summed E-state index contributed by atoms with van der Waals surface area (Å²) >= 11 is 0. The van der Waals surface area contributed by atoms with Gasteiger partial charge in [-0.05, 0) is 43.1 Å². The van der Waals surface area contributed by atoms with Crippen molar-refractivity contribution < 1.29 is 33.7 Å². The lowest BCUT2D eigenvalue weighted by Crippen LogP contribution is -2.51. The summed E-state index contributed by atoms with van der Waals surface area (Å²) in [6, 6.07) is 8.46. The van der Waals surface area contributed by atoms with E-state index in [4.69, 9.17) is 19.3 Å². The zero-order chi connectivity index (χ0) is 22.2. The molecule has 2 heterocycles. The molecular formula is C23H27NO7. The standard InChI is InChI=1S/C23H27NO7/c1-29-21(20-19(26)13-12-17(31-20)11-7-2-3-8-14-25)22(27)24-18(15-30-23(24)28)16-9-5-4-6-10-16/h4-6,9-13,18,20-21,25H,2-3,7-8,14-15H2,1H3/t18-,20-,21+/m1/s1. The lowest BCUT2D eigenvalue weighted by molar-refractivity contribution is -0.153. The van der Waals surface area contributed by atoms with Crippen molar-refractivity contribution >= 4 is 17.8 Å². The number of ether oxygens (including phenoxy) is 3. The van der Waals surface area contributed by atoms with Crippen LogP contribution in [-0.4, -0.2) is 60.3 Å². The summed E-state index contributed by atoms with van der Waals surface area (Å²) in [4.78, 5) is 39.1. The van der Waals surface area contributed by atoms with Crippen molar-refractivity contribution in [2.45, 2.75) is 43.9 Å². The number of nitrogens with zero attached hydrogens (tertiary/aromatic N) is 1. The number of imide groups is 1.